The number of nitrogens with one attached hydrogen (secondary N) is 2. The van der Waals surface area contributed by atoms with E-state index in [1.54, 1.807) is 29.0 Å². The lowest BCUT2D eigenvalue weighted by Gasteiger charge is -2.10. The van der Waals surface area contributed by atoms with Crippen molar-refractivity contribution in [2.24, 2.45) is 0 Å². The van der Waals surface area contributed by atoms with Crippen LogP contribution in [0.3, 0.4) is 0 Å². The summed E-state index contributed by atoms with van der Waals surface area (Å²) in [7, 11) is 3.00. The Bertz CT molecular complexity index is 2460. The second kappa shape index (κ2) is 17.0. The average Bonchev–Trinajstić information content (AvgIpc) is 3.97. The van der Waals surface area contributed by atoms with Gasteiger partial charge in [0.2, 0.25) is 5.16 Å². The molecule has 0 atom stereocenters. The first-order chi connectivity index (χ1) is 25.2. The number of H-pyrrole nitrogens is 2. The van der Waals surface area contributed by atoms with Crippen LogP contribution in [0.25, 0.3) is 22.1 Å². The topological polar surface area (TPSA) is 219 Å². The van der Waals surface area contributed by atoms with Crippen LogP contribution >= 0.6 is 46.2 Å². The summed E-state index contributed by atoms with van der Waals surface area (Å²) in [4.78, 5) is 55.8. The van der Waals surface area contributed by atoms with Crippen molar-refractivity contribution in [3.63, 3.8) is 0 Å². The van der Waals surface area contributed by atoms with E-state index in [0.29, 0.717) is 36.0 Å². The van der Waals surface area contributed by atoms with Crippen molar-refractivity contribution in [3.05, 3.63) is 120 Å². The minimum Gasteiger partial charge on any atom is -0.493 e. The van der Waals surface area contributed by atoms with Crippen molar-refractivity contribution in [3.8, 4) is 22.9 Å². The zero-order valence-electron chi connectivity index (χ0n) is 27.5. The van der Waals surface area contributed by atoms with Gasteiger partial charge in [-0.2, -0.15) is 0 Å². The quantitative estimate of drug-likeness (QED) is 0.106. The molecule has 0 spiro atoms. The van der Waals surface area contributed by atoms with E-state index in [1.165, 1.54) is 42.9 Å². The van der Waals surface area contributed by atoms with E-state index in [0.717, 1.165) is 50.9 Å². The van der Waals surface area contributed by atoms with Crippen molar-refractivity contribution in [1.29, 1.82) is 0 Å². The molecule has 0 amide bonds. The maximum absolute atomic E-state index is 12.4. The molecule has 268 valence electrons. The Labute approximate surface area is 309 Å². The molecule has 0 fully saturated rings. The Morgan fingerprint density at radius 2 is 1.42 bits per heavy atom. The Morgan fingerprint density at radius 3 is 2.06 bits per heavy atom. The third kappa shape index (κ3) is 8.23. The van der Waals surface area contributed by atoms with Gasteiger partial charge in [0, 0.05) is 17.6 Å². The van der Waals surface area contributed by atoms with Crippen LogP contribution in [0.2, 0.25) is 0 Å². The van der Waals surface area contributed by atoms with E-state index < -0.39 is 15.5 Å². The van der Waals surface area contributed by atoms with Crippen molar-refractivity contribution in [2.45, 2.75) is 32.7 Å². The number of nitrogens with zero attached hydrogens (tertiary/aromatic N) is 7. The number of rotatable bonds is 10. The zero-order valence-corrected chi connectivity index (χ0v) is 30.8. The highest BCUT2D eigenvalue weighted by molar-refractivity contribution is 8.01. The molecule has 4 aromatic heterocycles. The first-order valence-electron chi connectivity index (χ1n) is 14.9. The maximum atomic E-state index is 12.4. The molecule has 17 nitrogen and oxygen atoms in total. The predicted molar refractivity (Wildman–Crippen MR) is 198 cm³/mol. The summed E-state index contributed by atoms with van der Waals surface area (Å²) in [6, 6.07) is 18.5. The average molecular weight is 782 g/mol. The summed E-state index contributed by atoms with van der Waals surface area (Å²) in [6.45, 7) is 4.00. The van der Waals surface area contributed by atoms with Crippen molar-refractivity contribution < 1.29 is 19.3 Å². The Morgan fingerprint density at radius 1 is 0.788 bits per heavy atom. The van der Waals surface area contributed by atoms with E-state index in [1.807, 2.05) is 56.3 Å². The smallest absolute Gasteiger partial charge is 0.348 e. The SMILES string of the molecule is CC.COc1ccc(-n2c(Sc3ncc([N+](=O)[O-])s3)n[nH]c2=O)cc1OC.O=c1[nH]cc(Sc2ncc([N+](=O)[O-])s2)n1-c1cccc2ccccc12. The fourth-order valence-corrected chi connectivity index (χ4v) is 8.09. The van der Waals surface area contributed by atoms with Gasteiger partial charge in [-0.05, 0) is 69.8 Å². The van der Waals surface area contributed by atoms with Gasteiger partial charge in [-0.1, -0.05) is 50.2 Å². The molecule has 4 heterocycles. The number of hydrogen-bond donors (Lipinski definition) is 2. The summed E-state index contributed by atoms with van der Waals surface area (Å²) in [6.07, 6.45) is 3.97. The lowest BCUT2D eigenvalue weighted by atomic mass is 10.1. The molecule has 21 heteroatoms. The van der Waals surface area contributed by atoms with Crippen molar-refractivity contribution in [2.75, 3.05) is 14.2 Å². The van der Waals surface area contributed by atoms with Crippen LogP contribution < -0.4 is 20.9 Å². The molecule has 0 saturated heterocycles. The largest absolute Gasteiger partial charge is 0.493 e. The first kappa shape index (κ1) is 37.5. The third-order valence-electron chi connectivity index (χ3n) is 6.69. The monoisotopic (exact) mass is 781 g/mol. The lowest BCUT2D eigenvalue weighted by Crippen LogP contribution is -2.15. The van der Waals surface area contributed by atoms with Gasteiger partial charge in [0.1, 0.15) is 17.4 Å². The fourth-order valence-electron chi connectivity index (χ4n) is 4.53. The highest BCUT2D eigenvalue weighted by Gasteiger charge is 2.19. The Balaban J connectivity index is 0.000000192. The predicted octanol–water partition coefficient (Wildman–Crippen LogP) is 6.95. The summed E-state index contributed by atoms with van der Waals surface area (Å²) >= 11 is 4.13. The summed E-state index contributed by atoms with van der Waals surface area (Å²) in [5, 5.41) is 30.6. The molecule has 0 aliphatic rings. The Hall–Kier alpha value is -5.77. The molecular formula is C31H27N9O8S4. The molecule has 3 aromatic carbocycles. The number of benzene rings is 3. The summed E-state index contributed by atoms with van der Waals surface area (Å²) in [5.74, 6) is 0.974. The number of ether oxygens (including phenoxy) is 2. The van der Waals surface area contributed by atoms with Gasteiger partial charge < -0.3 is 14.5 Å². The fraction of sp³-hybridized carbons (Fsp3) is 0.129. The lowest BCUT2D eigenvalue weighted by molar-refractivity contribution is -0.380. The minimum absolute atomic E-state index is 0.0305. The number of nitro groups is 2. The van der Waals surface area contributed by atoms with Crippen LogP contribution in [0, 0.1) is 20.2 Å². The van der Waals surface area contributed by atoms with Gasteiger partial charge in [0.25, 0.3) is 0 Å². The number of imidazole rings is 1. The van der Waals surface area contributed by atoms with E-state index in [4.69, 9.17) is 9.47 Å². The molecule has 7 rings (SSSR count). The number of hydrogen-bond acceptors (Lipinski definition) is 15. The maximum Gasteiger partial charge on any atom is 0.348 e. The molecule has 0 aliphatic heterocycles. The van der Waals surface area contributed by atoms with E-state index in [2.05, 4.69) is 25.1 Å². The molecule has 0 radical (unpaired) electrons. The third-order valence-corrected chi connectivity index (χ3v) is 10.7. The van der Waals surface area contributed by atoms with E-state index in [-0.39, 0.29) is 15.7 Å². The van der Waals surface area contributed by atoms with Gasteiger partial charge >= 0.3 is 21.4 Å². The van der Waals surface area contributed by atoms with Crippen molar-refractivity contribution >= 4 is 67.0 Å². The number of aromatic nitrogens is 7. The van der Waals surface area contributed by atoms with Crippen LogP contribution in [-0.2, 0) is 0 Å². The highest BCUT2D eigenvalue weighted by atomic mass is 32.2. The van der Waals surface area contributed by atoms with Gasteiger partial charge in [0.15, 0.2) is 20.2 Å². The number of methoxy groups -OCH3 is 2. The van der Waals surface area contributed by atoms with Gasteiger partial charge in [-0.3, -0.25) is 24.8 Å². The molecule has 0 saturated carbocycles. The number of fused-ring (bicyclic) bond motifs is 1. The molecule has 0 aliphatic carbocycles. The van der Waals surface area contributed by atoms with Crippen LogP contribution in [-0.4, -0.2) is 58.3 Å². The standard InChI is InChI=1S/C16H10N4O3S2.C13H11N5O5S2.C2H6/c21-15-17-8-13(24-16-18-9-14(25-16)20(22)23)19(15)12-7-3-5-10-4-1-2-6-11(10)12;1-22-8-4-3-7(5-9(8)23-2)17-11(19)15-16-12(17)25-13-14-6-10(24-13)18(20)21;1-2/h1-9H,(H,17,21);3-6H,1-2H3,(H,15,19);1-2H3. The van der Waals surface area contributed by atoms with E-state index in [9.17, 15) is 29.8 Å². The zero-order chi connectivity index (χ0) is 37.4. The molecule has 0 bridgehead atoms. The second-order valence-corrected chi connectivity index (χ2v) is 14.1. The van der Waals surface area contributed by atoms with Gasteiger partial charge in [0.05, 0.1) is 35.4 Å². The van der Waals surface area contributed by atoms with Crippen LogP contribution in [0.1, 0.15) is 13.8 Å². The summed E-state index contributed by atoms with van der Waals surface area (Å²) in [5.41, 5.74) is 0.522. The van der Waals surface area contributed by atoms with Crippen molar-refractivity contribution in [1.82, 2.24) is 34.3 Å². The molecule has 2 N–H and O–H groups in total. The minimum atomic E-state index is -0.520. The second-order valence-electron chi connectivity index (χ2n) is 9.60. The van der Waals surface area contributed by atoms with Crippen LogP contribution in [0.5, 0.6) is 11.5 Å². The molecular weight excluding hydrogens is 755 g/mol. The van der Waals surface area contributed by atoms with Crippen LogP contribution in [0.15, 0.2) is 108 Å². The highest BCUT2D eigenvalue weighted by Crippen LogP contribution is 2.36. The molecule has 52 heavy (non-hydrogen) atoms. The number of aromatic amines is 2. The first-order valence-corrected chi connectivity index (χ1v) is 18.2. The molecule has 7 aromatic rings. The van der Waals surface area contributed by atoms with Gasteiger partial charge in [-0.15, -0.1) is 5.10 Å². The Kier molecular flexibility index (Phi) is 12.2. The normalized spacial score (nSPS) is 10.5. The summed E-state index contributed by atoms with van der Waals surface area (Å²) < 4.78 is 14.2. The molecule has 0 unspecified atom stereocenters. The van der Waals surface area contributed by atoms with Crippen LogP contribution in [0.4, 0.5) is 10.0 Å². The van der Waals surface area contributed by atoms with E-state index >= 15 is 0 Å². The van der Waals surface area contributed by atoms with Gasteiger partial charge in [-0.25, -0.2) is 29.2 Å². The number of thiazole rings is 2.